The molecule has 6 heteroatoms. The summed E-state index contributed by atoms with van der Waals surface area (Å²) in [6.45, 7) is 2.73. The zero-order valence-corrected chi connectivity index (χ0v) is 16.8. The van der Waals surface area contributed by atoms with Gasteiger partial charge < -0.3 is 24.6 Å². The molecule has 1 unspecified atom stereocenters. The van der Waals surface area contributed by atoms with Crippen molar-refractivity contribution >= 4 is 11.6 Å². The zero-order chi connectivity index (χ0) is 21.2. The number of hydrogen-bond acceptors (Lipinski definition) is 5. The topological polar surface area (TPSA) is 77.0 Å². The van der Waals surface area contributed by atoms with E-state index in [0.29, 0.717) is 29.4 Å². The molecule has 6 nitrogen and oxygen atoms in total. The first kappa shape index (κ1) is 21.2. The number of benzene rings is 3. The predicted molar refractivity (Wildman–Crippen MR) is 115 cm³/mol. The van der Waals surface area contributed by atoms with Crippen molar-refractivity contribution in [2.75, 3.05) is 25.1 Å². The van der Waals surface area contributed by atoms with E-state index >= 15 is 0 Å². The summed E-state index contributed by atoms with van der Waals surface area (Å²) < 4.78 is 16.5. The number of hydrogen-bond donors (Lipinski definition) is 2. The summed E-state index contributed by atoms with van der Waals surface area (Å²) >= 11 is 0. The van der Waals surface area contributed by atoms with Gasteiger partial charge in [0, 0.05) is 11.3 Å². The number of aliphatic hydroxyl groups excluding tert-OH is 1. The van der Waals surface area contributed by atoms with Gasteiger partial charge in [0.05, 0.1) is 6.61 Å². The Morgan fingerprint density at radius 3 is 1.83 bits per heavy atom. The normalized spacial score (nSPS) is 11.4. The maximum Gasteiger partial charge on any atom is 0.255 e. The highest BCUT2D eigenvalue weighted by molar-refractivity contribution is 6.04. The molecular formula is C24H25NO5. The van der Waals surface area contributed by atoms with E-state index in [1.54, 1.807) is 48.5 Å². The summed E-state index contributed by atoms with van der Waals surface area (Å²) in [6, 6.07) is 23.2. The van der Waals surface area contributed by atoms with Crippen LogP contribution in [0.15, 0.2) is 78.9 Å². The molecule has 1 amide bonds. The molecule has 0 fully saturated rings. The van der Waals surface area contributed by atoms with E-state index in [9.17, 15) is 9.90 Å². The van der Waals surface area contributed by atoms with Gasteiger partial charge in [-0.25, -0.2) is 0 Å². The minimum absolute atomic E-state index is 0.0900. The van der Waals surface area contributed by atoms with Crippen molar-refractivity contribution in [2.45, 2.75) is 13.0 Å². The minimum atomic E-state index is -0.783. The van der Waals surface area contributed by atoms with Gasteiger partial charge in [-0.2, -0.15) is 0 Å². The molecule has 0 saturated heterocycles. The Kier molecular flexibility index (Phi) is 7.69. The lowest BCUT2D eigenvalue weighted by atomic mass is 10.2. The Labute approximate surface area is 176 Å². The minimum Gasteiger partial charge on any atom is -0.494 e. The molecule has 30 heavy (non-hydrogen) atoms. The molecule has 3 rings (SSSR count). The summed E-state index contributed by atoms with van der Waals surface area (Å²) in [7, 11) is 0. The second-order valence-corrected chi connectivity index (χ2v) is 6.52. The number of ether oxygens (including phenoxy) is 3. The van der Waals surface area contributed by atoms with Gasteiger partial charge >= 0.3 is 0 Å². The number of carbonyl (C=O) groups excluding carboxylic acids is 1. The fraction of sp³-hybridized carbons (Fsp3) is 0.208. The average molecular weight is 407 g/mol. The van der Waals surface area contributed by atoms with Gasteiger partial charge in [0.1, 0.15) is 36.6 Å². The molecule has 156 valence electrons. The summed E-state index contributed by atoms with van der Waals surface area (Å²) in [5, 5.41) is 12.9. The van der Waals surface area contributed by atoms with Crippen molar-refractivity contribution < 1.29 is 24.1 Å². The van der Waals surface area contributed by atoms with Gasteiger partial charge in [-0.15, -0.1) is 0 Å². The highest BCUT2D eigenvalue weighted by Crippen LogP contribution is 2.19. The van der Waals surface area contributed by atoms with Crippen molar-refractivity contribution in [3.63, 3.8) is 0 Å². The van der Waals surface area contributed by atoms with Crippen LogP contribution in [0.1, 0.15) is 17.3 Å². The number of anilines is 1. The molecule has 0 aliphatic heterocycles. The fourth-order valence-corrected chi connectivity index (χ4v) is 2.66. The summed E-state index contributed by atoms with van der Waals surface area (Å²) in [4.78, 5) is 12.2. The van der Waals surface area contributed by atoms with Crippen LogP contribution in [0.5, 0.6) is 17.2 Å². The second kappa shape index (κ2) is 10.9. The number of nitrogens with one attached hydrogen (secondary N) is 1. The zero-order valence-electron chi connectivity index (χ0n) is 16.8. The standard InChI is InChI=1S/C24H25NO5/c1-2-28-21-12-14-23(15-13-21)30-17-20(26)16-29-22-10-8-19(9-11-22)25-24(27)18-6-4-3-5-7-18/h3-15,20,26H,2,16-17H2,1H3,(H,25,27). The SMILES string of the molecule is CCOc1ccc(OCC(O)COc2ccc(NC(=O)c3ccccc3)cc2)cc1. The molecule has 0 aliphatic carbocycles. The fourth-order valence-electron chi connectivity index (χ4n) is 2.66. The van der Waals surface area contributed by atoms with Gasteiger partial charge in [0.25, 0.3) is 5.91 Å². The van der Waals surface area contributed by atoms with Crippen molar-refractivity contribution in [1.29, 1.82) is 0 Å². The molecule has 3 aromatic carbocycles. The maximum atomic E-state index is 12.2. The summed E-state index contributed by atoms with van der Waals surface area (Å²) in [5.41, 5.74) is 1.25. The number of rotatable bonds is 10. The Bertz CT molecular complexity index is 911. The van der Waals surface area contributed by atoms with Gasteiger partial charge in [0.2, 0.25) is 0 Å². The van der Waals surface area contributed by atoms with E-state index in [0.717, 1.165) is 5.75 Å². The Balaban J connectivity index is 1.41. The average Bonchev–Trinajstić information content (AvgIpc) is 2.79. The van der Waals surface area contributed by atoms with Crippen LogP contribution in [0.3, 0.4) is 0 Å². The lowest BCUT2D eigenvalue weighted by Crippen LogP contribution is -2.25. The lowest BCUT2D eigenvalue weighted by molar-refractivity contribution is 0.0626. The van der Waals surface area contributed by atoms with Crippen LogP contribution in [0.4, 0.5) is 5.69 Å². The van der Waals surface area contributed by atoms with Gasteiger partial charge in [0.15, 0.2) is 0 Å². The van der Waals surface area contributed by atoms with E-state index in [1.165, 1.54) is 0 Å². The summed E-state index contributed by atoms with van der Waals surface area (Å²) in [6.07, 6.45) is -0.783. The molecule has 0 saturated carbocycles. The van der Waals surface area contributed by atoms with Crippen LogP contribution >= 0.6 is 0 Å². The third kappa shape index (κ3) is 6.53. The quantitative estimate of drug-likeness (QED) is 0.528. The predicted octanol–water partition coefficient (Wildman–Crippen LogP) is 4.16. The smallest absolute Gasteiger partial charge is 0.255 e. The highest BCUT2D eigenvalue weighted by atomic mass is 16.5. The van der Waals surface area contributed by atoms with Crippen LogP contribution in [0, 0.1) is 0 Å². The molecule has 0 radical (unpaired) electrons. The first-order valence-corrected chi connectivity index (χ1v) is 9.77. The third-order valence-corrected chi connectivity index (χ3v) is 4.17. The first-order chi connectivity index (χ1) is 14.6. The molecular weight excluding hydrogens is 382 g/mol. The summed E-state index contributed by atoms with van der Waals surface area (Å²) in [5.74, 6) is 1.84. The molecule has 1 atom stereocenters. The molecule has 0 aromatic heterocycles. The van der Waals surface area contributed by atoms with Gasteiger partial charge in [-0.3, -0.25) is 4.79 Å². The van der Waals surface area contributed by atoms with E-state index in [2.05, 4.69) is 5.32 Å². The molecule has 3 aromatic rings. The third-order valence-electron chi connectivity index (χ3n) is 4.17. The van der Waals surface area contributed by atoms with Crippen LogP contribution in [0.25, 0.3) is 0 Å². The van der Waals surface area contributed by atoms with E-state index in [-0.39, 0.29) is 19.1 Å². The van der Waals surface area contributed by atoms with E-state index in [1.807, 2.05) is 37.3 Å². The molecule has 0 heterocycles. The van der Waals surface area contributed by atoms with Crippen molar-refractivity contribution in [1.82, 2.24) is 0 Å². The number of aliphatic hydroxyl groups is 1. The van der Waals surface area contributed by atoms with Crippen LogP contribution in [-0.2, 0) is 0 Å². The van der Waals surface area contributed by atoms with E-state index in [4.69, 9.17) is 14.2 Å². The van der Waals surface area contributed by atoms with Gasteiger partial charge in [-0.05, 0) is 67.6 Å². The van der Waals surface area contributed by atoms with Crippen molar-refractivity contribution in [2.24, 2.45) is 0 Å². The largest absolute Gasteiger partial charge is 0.494 e. The Hall–Kier alpha value is -3.51. The maximum absolute atomic E-state index is 12.2. The van der Waals surface area contributed by atoms with Crippen molar-refractivity contribution in [3.05, 3.63) is 84.4 Å². The number of carbonyl (C=O) groups is 1. The van der Waals surface area contributed by atoms with Crippen molar-refractivity contribution in [3.8, 4) is 17.2 Å². The molecule has 2 N–H and O–H groups in total. The van der Waals surface area contributed by atoms with Crippen LogP contribution in [-0.4, -0.2) is 36.9 Å². The first-order valence-electron chi connectivity index (χ1n) is 9.77. The molecule has 0 spiro atoms. The van der Waals surface area contributed by atoms with E-state index < -0.39 is 6.10 Å². The number of amides is 1. The van der Waals surface area contributed by atoms with Crippen LogP contribution in [0.2, 0.25) is 0 Å². The Morgan fingerprint density at radius 2 is 1.30 bits per heavy atom. The second-order valence-electron chi connectivity index (χ2n) is 6.52. The molecule has 0 bridgehead atoms. The Morgan fingerprint density at radius 1 is 0.800 bits per heavy atom. The monoisotopic (exact) mass is 407 g/mol. The van der Waals surface area contributed by atoms with Gasteiger partial charge in [-0.1, -0.05) is 18.2 Å². The highest BCUT2D eigenvalue weighted by Gasteiger charge is 2.08. The molecule has 0 aliphatic rings. The van der Waals surface area contributed by atoms with Crippen LogP contribution < -0.4 is 19.5 Å². The lowest BCUT2D eigenvalue weighted by Gasteiger charge is -2.14.